The summed E-state index contributed by atoms with van der Waals surface area (Å²) in [4.78, 5) is 12.3. The fourth-order valence-electron chi connectivity index (χ4n) is 2.11. The van der Waals surface area contributed by atoms with Gasteiger partial charge in [0.25, 0.3) is 5.91 Å². The van der Waals surface area contributed by atoms with Gasteiger partial charge in [-0.3, -0.25) is 4.79 Å². The number of hydrogen-bond acceptors (Lipinski definition) is 5. The molecule has 0 radical (unpaired) electrons. The van der Waals surface area contributed by atoms with Crippen LogP contribution < -0.4 is 20.1 Å². The molecule has 0 aromatic heterocycles. The van der Waals surface area contributed by atoms with Crippen LogP contribution in [0.4, 0.5) is 11.4 Å². The zero-order chi connectivity index (χ0) is 19.1. The molecule has 1 amide bonds. The van der Waals surface area contributed by atoms with E-state index >= 15 is 0 Å². The van der Waals surface area contributed by atoms with Crippen LogP contribution in [0.5, 0.6) is 11.5 Å². The van der Waals surface area contributed by atoms with Crippen LogP contribution in [0.25, 0.3) is 0 Å². The molecule has 0 saturated carbocycles. The number of aryl methyl sites for hydroxylation is 1. The van der Waals surface area contributed by atoms with Crippen molar-refractivity contribution >= 4 is 28.9 Å². The average molecular weight is 372 g/mol. The third-order valence-corrected chi connectivity index (χ3v) is 3.82. The van der Waals surface area contributed by atoms with Crippen LogP contribution in [-0.4, -0.2) is 20.1 Å². The molecule has 0 unspecified atom stereocenters. The Morgan fingerprint density at radius 2 is 1.81 bits per heavy atom. The van der Waals surface area contributed by atoms with Gasteiger partial charge in [0.1, 0.15) is 23.1 Å². The second kappa shape index (κ2) is 8.79. The molecule has 2 aromatic carbocycles. The summed E-state index contributed by atoms with van der Waals surface area (Å²) in [6.07, 6.45) is 1.30. The number of amides is 1. The second-order valence-electron chi connectivity index (χ2n) is 5.32. The Balaban J connectivity index is 2.20. The van der Waals surface area contributed by atoms with Gasteiger partial charge in [-0.1, -0.05) is 29.3 Å². The van der Waals surface area contributed by atoms with Crippen LogP contribution in [-0.2, 0) is 4.79 Å². The van der Waals surface area contributed by atoms with E-state index in [-0.39, 0.29) is 5.57 Å². The third kappa shape index (κ3) is 4.68. The highest BCUT2D eigenvalue weighted by atomic mass is 35.5. The number of halogens is 1. The topological polar surface area (TPSA) is 83.4 Å². The summed E-state index contributed by atoms with van der Waals surface area (Å²) >= 11 is 6.06. The van der Waals surface area contributed by atoms with E-state index in [0.29, 0.717) is 27.9 Å². The maximum atomic E-state index is 12.3. The molecule has 0 saturated heterocycles. The summed E-state index contributed by atoms with van der Waals surface area (Å²) in [5, 5.41) is 15.2. The Labute approximate surface area is 157 Å². The van der Waals surface area contributed by atoms with Crippen molar-refractivity contribution in [1.29, 1.82) is 5.26 Å². The zero-order valence-electron chi connectivity index (χ0n) is 14.6. The van der Waals surface area contributed by atoms with Crippen LogP contribution in [0.15, 0.2) is 48.2 Å². The third-order valence-electron chi connectivity index (χ3n) is 3.52. The van der Waals surface area contributed by atoms with E-state index < -0.39 is 5.91 Å². The van der Waals surface area contributed by atoms with E-state index in [0.717, 1.165) is 5.56 Å². The van der Waals surface area contributed by atoms with E-state index in [1.807, 2.05) is 25.1 Å². The van der Waals surface area contributed by atoms with Crippen molar-refractivity contribution in [3.63, 3.8) is 0 Å². The molecular formula is C19H18ClN3O3. The van der Waals surface area contributed by atoms with Crippen molar-refractivity contribution in [3.05, 3.63) is 58.8 Å². The molecule has 7 heteroatoms. The number of methoxy groups -OCH3 is 2. The van der Waals surface area contributed by atoms with Gasteiger partial charge in [-0.25, -0.2) is 0 Å². The Morgan fingerprint density at radius 3 is 2.38 bits per heavy atom. The summed E-state index contributed by atoms with van der Waals surface area (Å²) in [5.74, 6) is 0.359. The number of nitriles is 1. The molecule has 0 aliphatic rings. The molecule has 6 nitrogen and oxygen atoms in total. The maximum Gasteiger partial charge on any atom is 0.267 e. The summed E-state index contributed by atoms with van der Waals surface area (Å²) in [7, 11) is 2.98. The number of hydrogen-bond donors (Lipinski definition) is 2. The Bertz CT molecular complexity index is 871. The number of carbonyl (C=O) groups excluding carboxylic acids is 1. The highest BCUT2D eigenvalue weighted by Crippen LogP contribution is 2.35. The highest BCUT2D eigenvalue weighted by molar-refractivity contribution is 6.32. The van der Waals surface area contributed by atoms with Crippen molar-refractivity contribution in [1.82, 2.24) is 0 Å². The molecule has 0 heterocycles. The summed E-state index contributed by atoms with van der Waals surface area (Å²) in [6, 6.07) is 12.3. The molecule has 0 aliphatic carbocycles. The van der Waals surface area contributed by atoms with Crippen molar-refractivity contribution in [2.45, 2.75) is 6.92 Å². The smallest absolute Gasteiger partial charge is 0.267 e. The molecule has 0 aliphatic heterocycles. The Kier molecular flexibility index (Phi) is 6.48. The first-order valence-electron chi connectivity index (χ1n) is 7.64. The molecule has 2 rings (SSSR count). The van der Waals surface area contributed by atoms with Crippen LogP contribution in [0.2, 0.25) is 5.02 Å². The summed E-state index contributed by atoms with van der Waals surface area (Å²) < 4.78 is 10.4. The second-order valence-corrected chi connectivity index (χ2v) is 5.73. The van der Waals surface area contributed by atoms with Crippen molar-refractivity contribution in [2.24, 2.45) is 0 Å². The van der Waals surface area contributed by atoms with Gasteiger partial charge >= 0.3 is 0 Å². The zero-order valence-corrected chi connectivity index (χ0v) is 15.3. The minimum atomic E-state index is -0.524. The van der Waals surface area contributed by atoms with E-state index in [9.17, 15) is 10.1 Å². The number of nitrogens with zero attached hydrogens (tertiary/aromatic N) is 1. The van der Waals surface area contributed by atoms with Gasteiger partial charge in [0, 0.05) is 24.0 Å². The first-order chi connectivity index (χ1) is 12.5. The molecule has 0 fully saturated rings. The van der Waals surface area contributed by atoms with Crippen LogP contribution in [0.3, 0.4) is 0 Å². The standard InChI is InChI=1S/C19H18ClN3O3/c1-12-4-6-14(7-5-12)23-19(24)13(10-21)11-22-16-9-17(25-2)15(20)8-18(16)26-3/h4-9,11,22H,1-3H3,(H,23,24)/b13-11-. The quantitative estimate of drug-likeness (QED) is 0.589. The van der Waals surface area contributed by atoms with E-state index in [4.69, 9.17) is 21.1 Å². The molecular weight excluding hydrogens is 354 g/mol. The number of anilines is 2. The van der Waals surface area contributed by atoms with Gasteiger partial charge < -0.3 is 20.1 Å². The summed E-state index contributed by atoms with van der Waals surface area (Å²) in [5.41, 5.74) is 2.09. The number of rotatable bonds is 6. The maximum absolute atomic E-state index is 12.3. The monoisotopic (exact) mass is 371 g/mol. The lowest BCUT2D eigenvalue weighted by Gasteiger charge is -2.12. The SMILES string of the molecule is COc1cc(N/C=C(/C#N)C(=O)Nc2ccc(C)cc2)c(OC)cc1Cl. The Morgan fingerprint density at radius 1 is 1.15 bits per heavy atom. The van der Waals surface area contributed by atoms with Crippen LogP contribution in [0.1, 0.15) is 5.56 Å². The molecule has 0 atom stereocenters. The van der Waals surface area contributed by atoms with E-state index in [1.165, 1.54) is 20.4 Å². The lowest BCUT2D eigenvalue weighted by Crippen LogP contribution is -2.14. The first-order valence-corrected chi connectivity index (χ1v) is 8.02. The van der Waals surface area contributed by atoms with Crippen LogP contribution in [0, 0.1) is 18.3 Å². The van der Waals surface area contributed by atoms with Gasteiger partial charge in [0.2, 0.25) is 0 Å². The van der Waals surface area contributed by atoms with Crippen molar-refractivity contribution in [2.75, 3.05) is 24.9 Å². The Hall–Kier alpha value is -3.17. The number of nitrogens with one attached hydrogen (secondary N) is 2. The minimum absolute atomic E-state index is 0.0958. The molecule has 2 aromatic rings. The molecule has 2 N–H and O–H groups in total. The molecule has 134 valence electrons. The predicted molar refractivity (Wildman–Crippen MR) is 102 cm³/mol. The fraction of sp³-hybridized carbons (Fsp3) is 0.158. The normalized spacial score (nSPS) is 10.7. The van der Waals surface area contributed by atoms with Gasteiger partial charge in [-0.05, 0) is 19.1 Å². The van der Waals surface area contributed by atoms with Crippen molar-refractivity contribution < 1.29 is 14.3 Å². The summed E-state index contributed by atoms with van der Waals surface area (Å²) in [6.45, 7) is 1.95. The average Bonchev–Trinajstić information content (AvgIpc) is 2.64. The molecule has 0 bridgehead atoms. The van der Waals surface area contributed by atoms with Crippen molar-refractivity contribution in [3.8, 4) is 17.6 Å². The van der Waals surface area contributed by atoms with E-state index in [1.54, 1.807) is 24.3 Å². The van der Waals surface area contributed by atoms with Crippen LogP contribution >= 0.6 is 11.6 Å². The van der Waals surface area contributed by atoms with Gasteiger partial charge in [0.05, 0.1) is 24.9 Å². The lowest BCUT2D eigenvalue weighted by atomic mass is 10.2. The van der Waals surface area contributed by atoms with Gasteiger partial charge in [-0.2, -0.15) is 5.26 Å². The molecule has 26 heavy (non-hydrogen) atoms. The predicted octanol–water partition coefficient (Wildman–Crippen LogP) is 4.12. The number of ether oxygens (including phenoxy) is 2. The largest absolute Gasteiger partial charge is 0.495 e. The van der Waals surface area contributed by atoms with Gasteiger partial charge in [-0.15, -0.1) is 0 Å². The number of benzene rings is 2. The van der Waals surface area contributed by atoms with Gasteiger partial charge in [0.15, 0.2) is 0 Å². The minimum Gasteiger partial charge on any atom is -0.495 e. The number of carbonyl (C=O) groups is 1. The van der Waals surface area contributed by atoms with E-state index in [2.05, 4.69) is 10.6 Å². The first kappa shape index (κ1) is 19.2. The lowest BCUT2D eigenvalue weighted by molar-refractivity contribution is -0.112. The molecule has 0 spiro atoms. The highest BCUT2D eigenvalue weighted by Gasteiger charge is 2.12. The fourth-order valence-corrected chi connectivity index (χ4v) is 2.34.